The highest BCUT2D eigenvalue weighted by molar-refractivity contribution is 8.01. The number of benzene rings is 3. The van der Waals surface area contributed by atoms with Crippen LogP contribution in [0.25, 0.3) is 0 Å². The zero-order chi connectivity index (χ0) is 24.7. The molecule has 2 heterocycles. The number of methoxy groups -OCH3 is 1. The summed E-state index contributed by atoms with van der Waals surface area (Å²) in [5.41, 5.74) is 3.31. The molecule has 0 aromatic heterocycles. The van der Waals surface area contributed by atoms with Crippen LogP contribution in [0.15, 0.2) is 60.7 Å². The number of thioether (sulfide) groups is 1. The van der Waals surface area contributed by atoms with Crippen molar-refractivity contribution in [3.63, 3.8) is 0 Å². The fraction of sp³-hybridized carbons (Fsp3) is 0.231. The van der Waals surface area contributed by atoms with Gasteiger partial charge in [0, 0.05) is 23.5 Å². The quantitative estimate of drug-likeness (QED) is 0.536. The average Bonchev–Trinajstić information content (AvgIpc) is 3.38. The van der Waals surface area contributed by atoms with Gasteiger partial charge in [0.05, 0.1) is 19.3 Å². The molecule has 6 nitrogen and oxygen atoms in total. The number of nitrogens with one attached hydrogen (secondary N) is 1. The van der Waals surface area contributed by atoms with Gasteiger partial charge >= 0.3 is 6.03 Å². The maximum atomic E-state index is 14.0. The number of rotatable bonds is 4. The predicted molar refractivity (Wildman–Crippen MR) is 132 cm³/mol. The van der Waals surface area contributed by atoms with Gasteiger partial charge in [0.25, 0.3) is 5.91 Å². The first-order valence-electron chi connectivity index (χ1n) is 11.1. The molecule has 3 aromatic rings. The molecular weight excluding hydrogens is 472 g/mol. The van der Waals surface area contributed by atoms with Gasteiger partial charge in [-0.05, 0) is 60.5 Å². The number of hydrogen-bond donors (Lipinski definition) is 1. The van der Waals surface area contributed by atoms with Crippen molar-refractivity contribution in [3.8, 4) is 5.75 Å². The lowest BCUT2D eigenvalue weighted by Crippen LogP contribution is -2.51. The number of urea groups is 1. The van der Waals surface area contributed by atoms with Crippen molar-refractivity contribution >= 4 is 35.1 Å². The maximum absolute atomic E-state index is 14.0. The van der Waals surface area contributed by atoms with Crippen LogP contribution in [0, 0.1) is 18.6 Å². The van der Waals surface area contributed by atoms with Crippen molar-refractivity contribution in [1.29, 1.82) is 0 Å². The van der Waals surface area contributed by atoms with E-state index in [0.717, 1.165) is 17.7 Å². The van der Waals surface area contributed by atoms with Crippen molar-refractivity contribution in [2.45, 2.75) is 18.3 Å². The first-order valence-corrected chi connectivity index (χ1v) is 12.1. The summed E-state index contributed by atoms with van der Waals surface area (Å²) in [5.74, 6) is -1.13. The number of ether oxygens (including phenoxy) is 1. The summed E-state index contributed by atoms with van der Waals surface area (Å²) < 4.78 is 32.8. The molecule has 1 N–H and O–H groups in total. The average molecular weight is 496 g/mol. The number of carbonyl (C=O) groups is 2. The number of anilines is 2. The lowest BCUT2D eigenvalue weighted by molar-refractivity contribution is -0.123. The Morgan fingerprint density at radius 2 is 1.94 bits per heavy atom. The van der Waals surface area contributed by atoms with Crippen LogP contribution in [0.5, 0.6) is 5.75 Å². The molecule has 0 radical (unpaired) electrons. The molecule has 1 fully saturated rings. The highest BCUT2D eigenvalue weighted by Gasteiger charge is 2.59. The van der Waals surface area contributed by atoms with E-state index in [-0.39, 0.29) is 12.5 Å². The largest absolute Gasteiger partial charge is 0.497 e. The number of carbonyl (C=O) groups excluding carboxylic acids is 2. The first kappa shape index (κ1) is 23.2. The molecule has 35 heavy (non-hydrogen) atoms. The Balaban J connectivity index is 1.55. The minimum Gasteiger partial charge on any atom is -0.497 e. The van der Waals surface area contributed by atoms with Gasteiger partial charge in [0.1, 0.15) is 5.75 Å². The molecule has 5 rings (SSSR count). The zero-order valence-corrected chi connectivity index (χ0v) is 20.0. The van der Waals surface area contributed by atoms with Crippen molar-refractivity contribution in [2.24, 2.45) is 0 Å². The van der Waals surface area contributed by atoms with Crippen LogP contribution in [0.3, 0.4) is 0 Å². The highest BCUT2D eigenvalue weighted by Crippen LogP contribution is 2.55. The molecule has 9 heteroatoms. The number of aryl methyl sites for hydroxylation is 1. The number of amides is 3. The van der Waals surface area contributed by atoms with Crippen LogP contribution >= 0.6 is 11.8 Å². The summed E-state index contributed by atoms with van der Waals surface area (Å²) in [6.45, 7) is 2.33. The van der Waals surface area contributed by atoms with E-state index in [2.05, 4.69) is 5.32 Å². The van der Waals surface area contributed by atoms with Gasteiger partial charge in [0.2, 0.25) is 0 Å². The molecule has 1 saturated heterocycles. The summed E-state index contributed by atoms with van der Waals surface area (Å²) >= 11 is 1.38. The molecule has 1 spiro atoms. The van der Waals surface area contributed by atoms with Crippen LogP contribution in [-0.4, -0.2) is 36.2 Å². The predicted octanol–water partition coefficient (Wildman–Crippen LogP) is 5.26. The molecule has 1 unspecified atom stereocenters. The minimum absolute atomic E-state index is 0.0327. The topological polar surface area (TPSA) is 61.9 Å². The van der Waals surface area contributed by atoms with Crippen LogP contribution in [0.4, 0.5) is 25.0 Å². The van der Waals surface area contributed by atoms with E-state index in [1.54, 1.807) is 29.2 Å². The third-order valence-electron chi connectivity index (χ3n) is 6.24. The Hall–Kier alpha value is -3.59. The Labute approximate surface area is 205 Å². The second-order valence-corrected chi connectivity index (χ2v) is 9.75. The Morgan fingerprint density at radius 1 is 1.11 bits per heavy atom. The van der Waals surface area contributed by atoms with E-state index in [4.69, 9.17) is 4.74 Å². The van der Waals surface area contributed by atoms with Crippen LogP contribution in [0.1, 0.15) is 16.7 Å². The maximum Gasteiger partial charge on any atom is 0.323 e. The Bertz CT molecular complexity index is 1330. The van der Waals surface area contributed by atoms with Gasteiger partial charge < -0.3 is 15.0 Å². The summed E-state index contributed by atoms with van der Waals surface area (Å²) in [6.07, 6.45) is 0. The van der Waals surface area contributed by atoms with Gasteiger partial charge in [-0.15, -0.1) is 11.8 Å². The lowest BCUT2D eigenvalue weighted by atomic mass is 10.1. The second-order valence-electron chi connectivity index (χ2n) is 8.47. The van der Waals surface area contributed by atoms with Gasteiger partial charge in [0.15, 0.2) is 16.5 Å². The molecular formula is C26H23F2N3O3S. The number of hydrogen-bond acceptors (Lipinski definition) is 4. The fourth-order valence-corrected chi connectivity index (χ4v) is 6.06. The van der Waals surface area contributed by atoms with Crippen molar-refractivity contribution in [1.82, 2.24) is 4.90 Å². The van der Waals surface area contributed by atoms with E-state index in [9.17, 15) is 18.4 Å². The van der Waals surface area contributed by atoms with E-state index in [1.165, 1.54) is 29.8 Å². The highest BCUT2D eigenvalue weighted by atomic mass is 32.2. The normalized spacial score (nSPS) is 18.8. The summed E-state index contributed by atoms with van der Waals surface area (Å²) in [6, 6.07) is 15.9. The molecule has 2 aliphatic rings. The smallest absolute Gasteiger partial charge is 0.323 e. The number of fused-ring (bicyclic) bond motifs is 2. The molecule has 180 valence electrons. The number of nitrogens with zero attached hydrogens (tertiary/aromatic N) is 2. The van der Waals surface area contributed by atoms with Crippen LogP contribution < -0.4 is 15.0 Å². The van der Waals surface area contributed by atoms with E-state index >= 15 is 0 Å². The van der Waals surface area contributed by atoms with Gasteiger partial charge in [-0.1, -0.05) is 18.2 Å². The van der Waals surface area contributed by atoms with Gasteiger partial charge in [-0.2, -0.15) is 0 Å². The van der Waals surface area contributed by atoms with E-state index < -0.39 is 22.5 Å². The third kappa shape index (κ3) is 3.89. The van der Waals surface area contributed by atoms with E-state index in [0.29, 0.717) is 40.5 Å². The van der Waals surface area contributed by atoms with Gasteiger partial charge in [-0.3, -0.25) is 9.69 Å². The summed E-state index contributed by atoms with van der Waals surface area (Å²) in [7, 11) is 1.54. The minimum atomic E-state index is -1.30. The molecule has 3 amide bonds. The third-order valence-corrected chi connectivity index (χ3v) is 7.66. The first-order chi connectivity index (χ1) is 16.8. The van der Waals surface area contributed by atoms with Crippen LogP contribution in [0.2, 0.25) is 0 Å². The molecule has 0 bridgehead atoms. The fourth-order valence-electron chi connectivity index (χ4n) is 4.61. The molecule has 2 aliphatic heterocycles. The second kappa shape index (κ2) is 8.88. The molecule has 0 aliphatic carbocycles. The molecule has 0 saturated carbocycles. The van der Waals surface area contributed by atoms with Gasteiger partial charge in [-0.25, -0.2) is 13.6 Å². The molecule has 1 atom stereocenters. The van der Waals surface area contributed by atoms with Crippen molar-refractivity contribution in [3.05, 3.63) is 89.0 Å². The monoisotopic (exact) mass is 495 g/mol. The van der Waals surface area contributed by atoms with Crippen molar-refractivity contribution < 1.29 is 23.1 Å². The Kier molecular flexibility index (Phi) is 5.88. The molecule has 3 aromatic carbocycles. The van der Waals surface area contributed by atoms with E-state index in [1.807, 2.05) is 25.1 Å². The standard InChI is InChI=1S/C26H23F2N3O3S/c1-16-4-3-5-18(12-16)29-25(33)31-10-11-35-26(31)20-14-19(34-2)7-9-23(20)30(24(26)32)15-17-6-8-21(27)22(28)13-17/h3-9,12-14H,10-11,15H2,1-2H3,(H,29,33). The Morgan fingerprint density at radius 3 is 2.69 bits per heavy atom. The lowest BCUT2D eigenvalue weighted by Gasteiger charge is -2.33. The SMILES string of the molecule is COc1ccc2c(c1)C1(SCCN1C(=O)Nc1cccc(C)c1)C(=O)N2Cc1ccc(F)c(F)c1. The summed E-state index contributed by atoms with van der Waals surface area (Å²) in [5, 5.41) is 2.91. The summed E-state index contributed by atoms with van der Waals surface area (Å²) in [4.78, 5) is 29.3. The zero-order valence-electron chi connectivity index (χ0n) is 19.2. The number of halogens is 2. The van der Waals surface area contributed by atoms with Crippen LogP contribution in [-0.2, 0) is 16.2 Å². The van der Waals surface area contributed by atoms with Crippen molar-refractivity contribution in [2.75, 3.05) is 29.6 Å².